The normalized spacial score (nSPS) is 10.4. The van der Waals surface area contributed by atoms with Crippen molar-refractivity contribution in [3.63, 3.8) is 0 Å². The fourth-order valence-corrected chi connectivity index (χ4v) is 1.71. The molecule has 4 nitrogen and oxygen atoms in total. The number of amides is 1. The number of nitrogen functional groups attached to an aromatic ring is 1. The smallest absolute Gasteiger partial charge is 0.258 e. The lowest BCUT2D eigenvalue weighted by Crippen LogP contribution is -2.37. The minimum atomic E-state index is -0.151. The fourth-order valence-electron chi connectivity index (χ4n) is 1.54. The Labute approximate surface area is 112 Å². The van der Waals surface area contributed by atoms with Crippen LogP contribution < -0.4 is 15.8 Å². The van der Waals surface area contributed by atoms with Gasteiger partial charge in [0.1, 0.15) is 5.75 Å². The summed E-state index contributed by atoms with van der Waals surface area (Å²) >= 11 is 5.93. The Hall–Kier alpha value is -1.42. The van der Waals surface area contributed by atoms with Crippen molar-refractivity contribution in [2.75, 3.05) is 12.3 Å². The summed E-state index contributed by atoms with van der Waals surface area (Å²) in [6, 6.07) is 5.12. The van der Waals surface area contributed by atoms with Crippen LogP contribution in [0.2, 0.25) is 5.02 Å². The number of anilines is 1. The molecule has 1 aromatic rings. The number of benzene rings is 1. The topological polar surface area (TPSA) is 64.3 Å². The van der Waals surface area contributed by atoms with E-state index in [0.29, 0.717) is 16.5 Å². The van der Waals surface area contributed by atoms with Gasteiger partial charge in [0.05, 0.1) is 5.02 Å². The molecule has 0 bridgehead atoms. The number of carbonyl (C=O) groups is 1. The van der Waals surface area contributed by atoms with Crippen LogP contribution in [0.5, 0.6) is 5.75 Å². The number of hydrogen-bond donors (Lipinski definition) is 2. The van der Waals surface area contributed by atoms with Crippen LogP contribution >= 0.6 is 11.6 Å². The number of rotatable bonds is 6. The maximum Gasteiger partial charge on any atom is 0.258 e. The average molecular weight is 271 g/mol. The first-order chi connectivity index (χ1) is 8.56. The van der Waals surface area contributed by atoms with Crippen LogP contribution in [0.25, 0.3) is 0 Å². The zero-order valence-electron chi connectivity index (χ0n) is 10.7. The number of hydrogen-bond acceptors (Lipinski definition) is 3. The lowest BCUT2D eigenvalue weighted by molar-refractivity contribution is -0.123. The van der Waals surface area contributed by atoms with Gasteiger partial charge in [-0.2, -0.15) is 0 Å². The summed E-state index contributed by atoms with van der Waals surface area (Å²) in [5.41, 5.74) is 6.17. The first kappa shape index (κ1) is 14.6. The zero-order chi connectivity index (χ0) is 13.5. The Kier molecular flexibility index (Phi) is 5.78. The molecular formula is C13H19ClN2O2. The minimum absolute atomic E-state index is 0.0559. The number of halogens is 1. The van der Waals surface area contributed by atoms with E-state index in [2.05, 4.69) is 5.32 Å². The van der Waals surface area contributed by atoms with E-state index < -0.39 is 0 Å². The highest BCUT2D eigenvalue weighted by atomic mass is 35.5. The molecule has 0 aliphatic rings. The second-order valence-electron chi connectivity index (χ2n) is 4.06. The highest BCUT2D eigenvalue weighted by molar-refractivity contribution is 6.32. The van der Waals surface area contributed by atoms with Gasteiger partial charge in [0, 0.05) is 17.8 Å². The number of nitrogens with two attached hydrogens (primary N) is 1. The summed E-state index contributed by atoms with van der Waals surface area (Å²) in [6.45, 7) is 4.01. The van der Waals surface area contributed by atoms with Crippen LogP contribution in [-0.2, 0) is 4.79 Å². The van der Waals surface area contributed by atoms with Gasteiger partial charge in [-0.25, -0.2) is 0 Å². The molecule has 0 heterocycles. The molecule has 0 saturated heterocycles. The summed E-state index contributed by atoms with van der Waals surface area (Å²) < 4.78 is 5.35. The Balaban J connectivity index is 2.49. The maximum absolute atomic E-state index is 11.6. The van der Waals surface area contributed by atoms with Gasteiger partial charge in [-0.15, -0.1) is 0 Å². The van der Waals surface area contributed by atoms with Crippen LogP contribution in [0.15, 0.2) is 18.2 Å². The van der Waals surface area contributed by atoms with Crippen molar-refractivity contribution in [1.82, 2.24) is 5.32 Å². The van der Waals surface area contributed by atoms with Crippen molar-refractivity contribution < 1.29 is 9.53 Å². The molecule has 1 rings (SSSR count). The van der Waals surface area contributed by atoms with Crippen LogP contribution in [0.1, 0.15) is 26.7 Å². The lowest BCUT2D eigenvalue weighted by Gasteiger charge is -2.15. The second kappa shape index (κ2) is 7.11. The third-order valence-corrected chi connectivity index (χ3v) is 2.98. The lowest BCUT2D eigenvalue weighted by atomic mass is 10.2. The second-order valence-corrected chi connectivity index (χ2v) is 4.47. The molecule has 0 spiro atoms. The Morgan fingerprint density at radius 1 is 1.44 bits per heavy atom. The Morgan fingerprint density at radius 3 is 2.72 bits per heavy atom. The van der Waals surface area contributed by atoms with Gasteiger partial charge >= 0.3 is 0 Å². The molecule has 0 aromatic heterocycles. The molecule has 0 unspecified atom stereocenters. The molecule has 0 fully saturated rings. The number of nitrogens with one attached hydrogen (secondary N) is 1. The standard InChI is InChI=1S/C13H19ClN2O2/c1-3-10(4-2)16-13(17)8-18-12-7-9(15)5-6-11(12)14/h5-7,10H,3-4,8,15H2,1-2H3,(H,16,17). The molecule has 3 N–H and O–H groups in total. The Bertz CT molecular complexity index is 406. The highest BCUT2D eigenvalue weighted by Crippen LogP contribution is 2.26. The van der Waals surface area contributed by atoms with Crippen molar-refractivity contribution in [3.8, 4) is 5.75 Å². The summed E-state index contributed by atoms with van der Waals surface area (Å²) in [4.78, 5) is 11.6. The fraction of sp³-hybridized carbons (Fsp3) is 0.462. The molecule has 18 heavy (non-hydrogen) atoms. The van der Waals surface area contributed by atoms with Crippen molar-refractivity contribution in [2.45, 2.75) is 32.7 Å². The SMILES string of the molecule is CCC(CC)NC(=O)COc1cc(N)ccc1Cl. The third kappa shape index (κ3) is 4.45. The number of carbonyl (C=O) groups excluding carboxylic acids is 1. The van der Waals surface area contributed by atoms with Crippen molar-refractivity contribution in [2.24, 2.45) is 0 Å². The average Bonchev–Trinajstić information content (AvgIpc) is 2.37. The molecule has 1 amide bonds. The molecule has 1 aromatic carbocycles. The van der Waals surface area contributed by atoms with E-state index in [0.717, 1.165) is 12.8 Å². The quantitative estimate of drug-likeness (QED) is 0.781. The van der Waals surface area contributed by atoms with Crippen LogP contribution in [0.3, 0.4) is 0 Å². The van der Waals surface area contributed by atoms with Crippen molar-refractivity contribution >= 4 is 23.2 Å². The first-order valence-electron chi connectivity index (χ1n) is 6.04. The summed E-state index contributed by atoms with van der Waals surface area (Å²) in [7, 11) is 0. The van der Waals surface area contributed by atoms with Crippen molar-refractivity contribution in [3.05, 3.63) is 23.2 Å². The first-order valence-corrected chi connectivity index (χ1v) is 6.41. The molecule has 0 aliphatic carbocycles. The van der Waals surface area contributed by atoms with Crippen LogP contribution in [-0.4, -0.2) is 18.6 Å². The minimum Gasteiger partial charge on any atom is -0.482 e. The molecule has 0 aliphatic heterocycles. The van der Waals surface area contributed by atoms with Gasteiger partial charge in [0.2, 0.25) is 0 Å². The van der Waals surface area contributed by atoms with Gasteiger partial charge in [-0.05, 0) is 25.0 Å². The predicted molar refractivity (Wildman–Crippen MR) is 73.9 cm³/mol. The monoisotopic (exact) mass is 270 g/mol. The maximum atomic E-state index is 11.6. The van der Waals surface area contributed by atoms with Crippen LogP contribution in [0, 0.1) is 0 Å². The molecule has 5 heteroatoms. The van der Waals surface area contributed by atoms with E-state index in [1.807, 2.05) is 13.8 Å². The predicted octanol–water partition coefficient (Wildman–Crippen LogP) is 2.61. The molecule has 0 radical (unpaired) electrons. The largest absolute Gasteiger partial charge is 0.482 e. The van der Waals surface area contributed by atoms with E-state index in [4.69, 9.17) is 22.1 Å². The van der Waals surface area contributed by atoms with Gasteiger partial charge in [0.15, 0.2) is 6.61 Å². The van der Waals surface area contributed by atoms with Gasteiger partial charge in [-0.1, -0.05) is 25.4 Å². The van der Waals surface area contributed by atoms with E-state index in [9.17, 15) is 4.79 Å². The van der Waals surface area contributed by atoms with Gasteiger partial charge in [-0.3, -0.25) is 4.79 Å². The summed E-state index contributed by atoms with van der Waals surface area (Å²) in [5.74, 6) is 0.276. The molecule has 100 valence electrons. The van der Waals surface area contributed by atoms with E-state index in [1.54, 1.807) is 18.2 Å². The third-order valence-electron chi connectivity index (χ3n) is 2.66. The van der Waals surface area contributed by atoms with Gasteiger partial charge in [0.25, 0.3) is 5.91 Å². The highest BCUT2D eigenvalue weighted by Gasteiger charge is 2.10. The van der Waals surface area contributed by atoms with E-state index in [1.165, 1.54) is 0 Å². The molecule has 0 saturated carbocycles. The zero-order valence-corrected chi connectivity index (χ0v) is 11.5. The van der Waals surface area contributed by atoms with E-state index >= 15 is 0 Å². The van der Waals surface area contributed by atoms with Crippen molar-refractivity contribution in [1.29, 1.82) is 0 Å². The molecular weight excluding hydrogens is 252 g/mol. The van der Waals surface area contributed by atoms with Gasteiger partial charge < -0.3 is 15.8 Å². The molecule has 0 atom stereocenters. The Morgan fingerprint density at radius 2 is 2.11 bits per heavy atom. The summed E-state index contributed by atoms with van der Waals surface area (Å²) in [5, 5.41) is 3.33. The summed E-state index contributed by atoms with van der Waals surface area (Å²) in [6.07, 6.45) is 1.81. The number of ether oxygens (including phenoxy) is 1. The van der Waals surface area contributed by atoms with Crippen LogP contribution in [0.4, 0.5) is 5.69 Å². The van der Waals surface area contributed by atoms with E-state index in [-0.39, 0.29) is 18.6 Å².